The topological polar surface area (TPSA) is 40.6 Å². The van der Waals surface area contributed by atoms with Crippen LogP contribution in [0.1, 0.15) is 38.5 Å². The van der Waals surface area contributed by atoms with Gasteiger partial charge in [-0.2, -0.15) is 0 Å². The Balaban J connectivity index is 2.03. The first-order valence-electron chi connectivity index (χ1n) is 8.46. The third-order valence-electron chi connectivity index (χ3n) is 5.10. The first-order chi connectivity index (χ1) is 10.8. The van der Waals surface area contributed by atoms with Crippen molar-refractivity contribution >= 4 is 17.1 Å². The molecule has 1 aromatic carbocycles. The van der Waals surface area contributed by atoms with Gasteiger partial charge in [0.05, 0.1) is 13.2 Å². The molecule has 0 aliphatic carbocycles. The van der Waals surface area contributed by atoms with E-state index in [9.17, 15) is 0 Å². The first kappa shape index (κ1) is 15.3. The Kier molecular flexibility index (Phi) is 4.60. The van der Waals surface area contributed by atoms with Gasteiger partial charge in [0.1, 0.15) is 18.8 Å². The van der Waals surface area contributed by atoms with Crippen LogP contribution in [0, 0.1) is 5.39 Å². The number of rotatable bonds is 3. The number of hydroxylamine groups is 2. The van der Waals surface area contributed by atoms with E-state index in [-0.39, 0.29) is 0 Å². The molecule has 2 fully saturated rings. The summed E-state index contributed by atoms with van der Waals surface area (Å²) in [6, 6.07) is 5.98. The lowest BCUT2D eigenvalue weighted by Gasteiger charge is -2.39. The van der Waals surface area contributed by atoms with Gasteiger partial charge < -0.3 is 4.90 Å². The van der Waals surface area contributed by atoms with Crippen molar-refractivity contribution in [1.29, 1.82) is 5.39 Å². The minimum Gasteiger partial charge on any atom is -0.366 e. The van der Waals surface area contributed by atoms with Crippen LogP contribution in [0.3, 0.4) is 0 Å². The van der Waals surface area contributed by atoms with E-state index in [2.05, 4.69) is 15.9 Å². The lowest BCUT2D eigenvalue weighted by Crippen LogP contribution is -2.52. The average Bonchev–Trinajstić information content (AvgIpc) is 2.62. The zero-order valence-electron chi connectivity index (χ0n) is 13.5. The van der Waals surface area contributed by atoms with E-state index in [4.69, 9.17) is 10.2 Å². The van der Waals surface area contributed by atoms with E-state index in [0.717, 1.165) is 26.2 Å². The highest BCUT2D eigenvalue weighted by molar-refractivity contribution is 5.74. The summed E-state index contributed by atoms with van der Waals surface area (Å²) in [5.74, 6) is 0. The molecule has 2 saturated heterocycles. The van der Waals surface area contributed by atoms with Crippen LogP contribution in [-0.2, 0) is 4.84 Å². The molecular weight excluding hydrogens is 276 g/mol. The number of benzene rings is 1. The lowest BCUT2D eigenvalue weighted by atomic mass is 10.1. The van der Waals surface area contributed by atoms with E-state index < -0.39 is 0 Å². The second-order valence-corrected chi connectivity index (χ2v) is 6.40. The van der Waals surface area contributed by atoms with E-state index in [1.54, 1.807) is 0 Å². The molecule has 1 aromatic rings. The SMILES string of the molecule is CO[N+]1(c2ccc([N+]#N)cc2N2CCCCC2)CCCCC1. The molecule has 2 aliphatic heterocycles. The van der Waals surface area contributed by atoms with Crippen molar-refractivity contribution in [2.75, 3.05) is 38.2 Å². The minimum absolute atomic E-state index is 0.595. The summed E-state index contributed by atoms with van der Waals surface area (Å²) in [5.41, 5.74) is 3.02. The van der Waals surface area contributed by atoms with Crippen molar-refractivity contribution in [2.45, 2.75) is 38.5 Å². The van der Waals surface area contributed by atoms with Crippen molar-refractivity contribution in [3.05, 3.63) is 23.2 Å². The molecule has 2 aliphatic rings. The predicted molar refractivity (Wildman–Crippen MR) is 89.6 cm³/mol. The summed E-state index contributed by atoms with van der Waals surface area (Å²) in [7, 11) is 1.82. The van der Waals surface area contributed by atoms with Gasteiger partial charge in [0.25, 0.3) is 0 Å². The summed E-state index contributed by atoms with van der Waals surface area (Å²) >= 11 is 0. The Bertz CT molecular complexity index is 554. The Morgan fingerprint density at radius 3 is 2.36 bits per heavy atom. The Labute approximate surface area is 132 Å². The number of nitrogens with zero attached hydrogens (tertiary/aromatic N) is 4. The third kappa shape index (κ3) is 2.81. The number of quaternary nitrogens is 1. The van der Waals surface area contributed by atoms with Crippen LogP contribution < -0.4 is 9.55 Å². The maximum atomic E-state index is 9.15. The van der Waals surface area contributed by atoms with Gasteiger partial charge in [-0.1, -0.05) is 0 Å². The summed E-state index contributed by atoms with van der Waals surface area (Å²) in [5, 5.41) is 9.15. The van der Waals surface area contributed by atoms with Crippen LogP contribution in [0.25, 0.3) is 4.98 Å². The van der Waals surface area contributed by atoms with E-state index in [1.165, 1.54) is 49.9 Å². The molecule has 22 heavy (non-hydrogen) atoms. The number of piperidine rings is 2. The Hall–Kier alpha value is -1.64. The van der Waals surface area contributed by atoms with Crippen molar-refractivity contribution in [3.63, 3.8) is 0 Å². The van der Waals surface area contributed by atoms with Gasteiger partial charge in [-0.3, -0.25) is 0 Å². The van der Waals surface area contributed by atoms with Gasteiger partial charge in [-0.15, -0.1) is 4.65 Å². The van der Waals surface area contributed by atoms with Gasteiger partial charge in [-0.25, -0.2) is 4.84 Å². The highest BCUT2D eigenvalue weighted by Crippen LogP contribution is 2.40. The molecule has 2 heterocycles. The summed E-state index contributed by atoms with van der Waals surface area (Å²) in [6.45, 7) is 4.19. The van der Waals surface area contributed by atoms with Gasteiger partial charge in [0.15, 0.2) is 10.7 Å². The molecule has 0 saturated carbocycles. The maximum absolute atomic E-state index is 9.15. The van der Waals surface area contributed by atoms with Crippen LogP contribution in [-0.4, -0.2) is 33.3 Å². The predicted octanol–water partition coefficient (Wildman–Crippen LogP) is 4.21. The maximum Gasteiger partial charge on any atom is 0.387 e. The second-order valence-electron chi connectivity index (χ2n) is 6.40. The van der Waals surface area contributed by atoms with Gasteiger partial charge in [0, 0.05) is 38.1 Å². The summed E-state index contributed by atoms with van der Waals surface area (Å²) < 4.78 is 0.595. The fourth-order valence-corrected chi connectivity index (χ4v) is 3.85. The quantitative estimate of drug-likeness (QED) is 0.620. The van der Waals surface area contributed by atoms with E-state index >= 15 is 0 Å². The molecule has 0 N–H and O–H groups in total. The Morgan fingerprint density at radius 1 is 1.05 bits per heavy atom. The lowest BCUT2D eigenvalue weighted by molar-refractivity contribution is -0.130. The fraction of sp³-hybridized carbons (Fsp3) is 0.647. The molecule has 0 unspecified atom stereocenters. The van der Waals surface area contributed by atoms with Crippen LogP contribution >= 0.6 is 0 Å². The molecule has 0 spiro atoms. The number of hydrogen-bond acceptors (Lipinski definition) is 3. The standard InChI is InChI=1S/C17H26N4O/c1-22-21(12-6-3-7-13-21)17-9-8-15(19-18)14-16(17)20-10-4-2-5-11-20/h8-9,14H,2-7,10-13H2,1H3/q+2. The van der Waals surface area contributed by atoms with Gasteiger partial charge >= 0.3 is 5.69 Å². The molecular formula is C17H26N4O+2. The Morgan fingerprint density at radius 2 is 1.73 bits per heavy atom. The van der Waals surface area contributed by atoms with Gasteiger partial charge in [-0.05, 0) is 25.7 Å². The number of diazo groups is 1. The third-order valence-corrected chi connectivity index (χ3v) is 5.10. The van der Waals surface area contributed by atoms with Crippen LogP contribution in [0.2, 0.25) is 0 Å². The number of hydrogen-bond donors (Lipinski definition) is 0. The van der Waals surface area contributed by atoms with Gasteiger partial charge in [0.2, 0.25) is 5.39 Å². The van der Waals surface area contributed by atoms with Crippen molar-refractivity contribution in [3.8, 4) is 0 Å². The fourth-order valence-electron chi connectivity index (χ4n) is 3.85. The van der Waals surface area contributed by atoms with E-state index in [0.29, 0.717) is 10.3 Å². The summed E-state index contributed by atoms with van der Waals surface area (Å²) in [6.07, 6.45) is 7.44. The molecule has 3 rings (SSSR count). The van der Waals surface area contributed by atoms with Crippen LogP contribution in [0.5, 0.6) is 0 Å². The average molecular weight is 302 g/mol. The molecule has 0 atom stereocenters. The number of anilines is 1. The van der Waals surface area contributed by atoms with Crippen LogP contribution in [0.15, 0.2) is 18.2 Å². The molecule has 5 nitrogen and oxygen atoms in total. The highest BCUT2D eigenvalue weighted by Gasteiger charge is 2.38. The van der Waals surface area contributed by atoms with E-state index in [1.807, 2.05) is 19.2 Å². The minimum atomic E-state index is 0.595. The zero-order chi connectivity index (χ0) is 15.4. The molecule has 0 radical (unpaired) electrons. The molecule has 118 valence electrons. The highest BCUT2D eigenvalue weighted by atomic mass is 16.7. The monoisotopic (exact) mass is 302 g/mol. The summed E-state index contributed by atoms with van der Waals surface area (Å²) in [4.78, 5) is 11.8. The second kappa shape index (κ2) is 6.64. The molecule has 0 aromatic heterocycles. The largest absolute Gasteiger partial charge is 0.387 e. The normalized spacial score (nSPS) is 21.4. The molecule has 0 amide bonds. The van der Waals surface area contributed by atoms with Crippen molar-refractivity contribution in [2.24, 2.45) is 0 Å². The van der Waals surface area contributed by atoms with Crippen molar-refractivity contribution < 1.29 is 4.84 Å². The smallest absolute Gasteiger partial charge is 0.366 e. The molecule has 0 bridgehead atoms. The van der Waals surface area contributed by atoms with Crippen LogP contribution in [0.4, 0.5) is 17.1 Å². The first-order valence-corrected chi connectivity index (χ1v) is 8.46. The molecule has 5 heteroatoms. The zero-order valence-corrected chi connectivity index (χ0v) is 13.5. The van der Waals surface area contributed by atoms with Crippen molar-refractivity contribution in [1.82, 2.24) is 4.65 Å².